The normalized spacial score (nSPS) is 14.0. The maximum absolute atomic E-state index is 13.1. The van der Waals surface area contributed by atoms with Gasteiger partial charge in [-0.3, -0.25) is 14.4 Å². The molecule has 0 bridgehead atoms. The third kappa shape index (κ3) is 5.03. The number of piperazine rings is 1. The highest BCUT2D eigenvalue weighted by Gasteiger charge is 2.32. The maximum Gasteiger partial charge on any atom is 0.312 e. The standard InChI is InChI=1S/C24H22FN3O4/c25-20-9-5-18(6-10-20)16-28-12-11-27(23(30)24(28)31)15-17-3-7-19(8-4-17)22(29)26-14-21-2-1-13-32-21/h1-10,13H,11-12,14-16H2,(H,26,29). The second-order valence-electron chi connectivity index (χ2n) is 7.54. The Bertz CT molecular complexity index is 1100. The van der Waals surface area contributed by atoms with Crippen LogP contribution < -0.4 is 5.32 Å². The van der Waals surface area contributed by atoms with E-state index in [-0.39, 0.29) is 24.8 Å². The molecule has 4 rings (SSSR count). The summed E-state index contributed by atoms with van der Waals surface area (Å²) >= 11 is 0. The number of nitrogens with one attached hydrogen (secondary N) is 1. The minimum atomic E-state index is -0.575. The number of carbonyl (C=O) groups excluding carboxylic acids is 3. The Hall–Kier alpha value is -3.94. The molecule has 0 saturated carbocycles. The van der Waals surface area contributed by atoms with E-state index in [0.29, 0.717) is 31.0 Å². The molecule has 0 atom stereocenters. The molecule has 1 saturated heterocycles. The lowest BCUT2D eigenvalue weighted by Crippen LogP contribution is -2.53. The van der Waals surface area contributed by atoms with Crippen LogP contribution in [0.3, 0.4) is 0 Å². The van der Waals surface area contributed by atoms with Crippen molar-refractivity contribution in [3.8, 4) is 0 Å². The molecule has 2 heterocycles. The van der Waals surface area contributed by atoms with E-state index in [1.54, 1.807) is 54.8 Å². The fourth-order valence-electron chi connectivity index (χ4n) is 3.49. The molecule has 0 aliphatic carbocycles. The molecule has 0 spiro atoms. The van der Waals surface area contributed by atoms with Crippen molar-refractivity contribution in [3.05, 3.63) is 95.2 Å². The highest BCUT2D eigenvalue weighted by molar-refractivity contribution is 6.35. The smallest absolute Gasteiger partial charge is 0.312 e. The van der Waals surface area contributed by atoms with Gasteiger partial charge in [0.05, 0.1) is 12.8 Å². The average molecular weight is 435 g/mol. The number of hydrogen-bond acceptors (Lipinski definition) is 4. The molecule has 1 N–H and O–H groups in total. The summed E-state index contributed by atoms with van der Waals surface area (Å²) in [7, 11) is 0. The van der Waals surface area contributed by atoms with Crippen LogP contribution in [0.15, 0.2) is 71.3 Å². The summed E-state index contributed by atoms with van der Waals surface area (Å²) in [6.45, 7) is 1.64. The van der Waals surface area contributed by atoms with Gasteiger partial charge in [0, 0.05) is 31.7 Å². The Morgan fingerprint density at radius 1 is 0.875 bits per heavy atom. The first-order valence-electron chi connectivity index (χ1n) is 10.2. The van der Waals surface area contributed by atoms with E-state index in [1.807, 2.05) is 0 Å². The summed E-state index contributed by atoms with van der Waals surface area (Å²) in [5.41, 5.74) is 2.08. The van der Waals surface area contributed by atoms with E-state index >= 15 is 0 Å². The molecular weight excluding hydrogens is 413 g/mol. The lowest BCUT2D eigenvalue weighted by atomic mass is 10.1. The van der Waals surface area contributed by atoms with Gasteiger partial charge in [0.15, 0.2) is 0 Å². The second kappa shape index (κ2) is 9.47. The first-order chi connectivity index (χ1) is 15.5. The molecule has 32 heavy (non-hydrogen) atoms. The Morgan fingerprint density at radius 2 is 1.44 bits per heavy atom. The molecule has 2 aromatic carbocycles. The Morgan fingerprint density at radius 3 is 1.97 bits per heavy atom. The SMILES string of the molecule is O=C(NCc1ccco1)c1ccc(CN2CCN(Cc3ccc(F)cc3)C(=O)C2=O)cc1. The van der Waals surface area contributed by atoms with Crippen molar-refractivity contribution >= 4 is 17.7 Å². The monoisotopic (exact) mass is 435 g/mol. The third-order valence-corrected chi connectivity index (χ3v) is 5.28. The minimum Gasteiger partial charge on any atom is -0.467 e. The van der Waals surface area contributed by atoms with Crippen molar-refractivity contribution in [2.45, 2.75) is 19.6 Å². The zero-order valence-electron chi connectivity index (χ0n) is 17.3. The van der Waals surface area contributed by atoms with Crippen LogP contribution in [-0.2, 0) is 29.2 Å². The predicted molar refractivity (Wildman–Crippen MR) is 114 cm³/mol. The van der Waals surface area contributed by atoms with E-state index in [0.717, 1.165) is 11.1 Å². The molecule has 0 unspecified atom stereocenters. The number of furan rings is 1. The van der Waals surface area contributed by atoms with Crippen LogP contribution in [0.5, 0.6) is 0 Å². The summed E-state index contributed by atoms with van der Waals surface area (Å²) in [6, 6.07) is 16.3. The molecule has 1 aliphatic heterocycles. The van der Waals surface area contributed by atoms with Crippen molar-refractivity contribution in [1.82, 2.24) is 15.1 Å². The second-order valence-corrected chi connectivity index (χ2v) is 7.54. The minimum absolute atomic E-state index is 0.228. The van der Waals surface area contributed by atoms with Crippen LogP contribution in [0, 0.1) is 5.82 Å². The summed E-state index contributed by atoms with van der Waals surface area (Å²) < 4.78 is 18.3. The number of amides is 3. The Kier molecular flexibility index (Phi) is 6.30. The van der Waals surface area contributed by atoms with Crippen LogP contribution in [-0.4, -0.2) is 40.6 Å². The van der Waals surface area contributed by atoms with Gasteiger partial charge in [-0.1, -0.05) is 24.3 Å². The topological polar surface area (TPSA) is 82.9 Å². The zero-order chi connectivity index (χ0) is 22.5. The number of benzene rings is 2. The van der Waals surface area contributed by atoms with Gasteiger partial charge in [-0.05, 0) is 47.5 Å². The van der Waals surface area contributed by atoms with Crippen molar-refractivity contribution in [2.75, 3.05) is 13.1 Å². The maximum atomic E-state index is 13.1. The Balaban J connectivity index is 1.31. The summed E-state index contributed by atoms with van der Waals surface area (Å²) in [5, 5.41) is 2.77. The van der Waals surface area contributed by atoms with Crippen LogP contribution in [0.2, 0.25) is 0 Å². The number of halogens is 1. The fraction of sp³-hybridized carbons (Fsp3) is 0.208. The lowest BCUT2D eigenvalue weighted by Gasteiger charge is -2.33. The molecule has 8 heteroatoms. The summed E-state index contributed by atoms with van der Waals surface area (Å²) in [4.78, 5) is 40.3. The highest BCUT2D eigenvalue weighted by Crippen LogP contribution is 2.15. The van der Waals surface area contributed by atoms with Gasteiger partial charge in [0.1, 0.15) is 11.6 Å². The summed E-state index contributed by atoms with van der Waals surface area (Å²) in [5.74, 6) is -1.06. The Labute approximate surface area is 184 Å². The largest absolute Gasteiger partial charge is 0.467 e. The van der Waals surface area contributed by atoms with Gasteiger partial charge in [-0.25, -0.2) is 4.39 Å². The molecular formula is C24H22FN3O4. The molecule has 7 nitrogen and oxygen atoms in total. The third-order valence-electron chi connectivity index (χ3n) is 5.28. The van der Waals surface area contributed by atoms with Crippen molar-refractivity contribution in [3.63, 3.8) is 0 Å². The van der Waals surface area contributed by atoms with Crippen molar-refractivity contribution in [2.24, 2.45) is 0 Å². The van der Waals surface area contributed by atoms with Gasteiger partial charge < -0.3 is 19.5 Å². The van der Waals surface area contributed by atoms with Gasteiger partial charge in [-0.2, -0.15) is 0 Å². The van der Waals surface area contributed by atoms with Gasteiger partial charge >= 0.3 is 11.8 Å². The number of nitrogens with zero attached hydrogens (tertiary/aromatic N) is 2. The van der Waals surface area contributed by atoms with E-state index in [4.69, 9.17) is 4.42 Å². The molecule has 0 radical (unpaired) electrons. The van der Waals surface area contributed by atoms with Crippen LogP contribution >= 0.6 is 0 Å². The van der Waals surface area contributed by atoms with E-state index < -0.39 is 11.8 Å². The predicted octanol–water partition coefficient (Wildman–Crippen LogP) is 2.72. The van der Waals surface area contributed by atoms with Crippen LogP contribution in [0.25, 0.3) is 0 Å². The van der Waals surface area contributed by atoms with Crippen LogP contribution in [0.4, 0.5) is 4.39 Å². The molecule has 164 valence electrons. The quantitative estimate of drug-likeness (QED) is 0.579. The van der Waals surface area contributed by atoms with Gasteiger partial charge in [0.25, 0.3) is 5.91 Å². The average Bonchev–Trinajstić information content (AvgIpc) is 3.33. The summed E-state index contributed by atoms with van der Waals surface area (Å²) in [6.07, 6.45) is 1.55. The zero-order valence-corrected chi connectivity index (χ0v) is 17.3. The number of carbonyl (C=O) groups is 3. The first-order valence-corrected chi connectivity index (χ1v) is 10.2. The van der Waals surface area contributed by atoms with Crippen molar-refractivity contribution < 1.29 is 23.2 Å². The van der Waals surface area contributed by atoms with Crippen LogP contribution in [0.1, 0.15) is 27.2 Å². The van der Waals surface area contributed by atoms with E-state index in [1.165, 1.54) is 21.9 Å². The molecule has 3 amide bonds. The van der Waals surface area contributed by atoms with Crippen molar-refractivity contribution in [1.29, 1.82) is 0 Å². The van der Waals surface area contributed by atoms with E-state index in [2.05, 4.69) is 5.32 Å². The van der Waals surface area contributed by atoms with Gasteiger partial charge in [-0.15, -0.1) is 0 Å². The fourth-order valence-corrected chi connectivity index (χ4v) is 3.49. The number of hydrogen-bond donors (Lipinski definition) is 1. The van der Waals surface area contributed by atoms with E-state index in [9.17, 15) is 18.8 Å². The molecule has 1 fully saturated rings. The molecule has 1 aliphatic rings. The molecule has 1 aromatic heterocycles. The molecule has 3 aromatic rings. The lowest BCUT2D eigenvalue weighted by molar-refractivity contribution is -0.156. The first kappa shape index (κ1) is 21.3. The highest BCUT2D eigenvalue weighted by atomic mass is 19.1. The number of rotatable bonds is 7. The van der Waals surface area contributed by atoms with Gasteiger partial charge in [0.2, 0.25) is 0 Å².